The van der Waals surface area contributed by atoms with E-state index in [1.54, 1.807) is 32.4 Å². The average Bonchev–Trinajstić information content (AvgIpc) is 2.46. The summed E-state index contributed by atoms with van der Waals surface area (Å²) in [5.41, 5.74) is 0.615. The van der Waals surface area contributed by atoms with Crippen molar-refractivity contribution in [2.24, 2.45) is 0 Å². The third-order valence-electron chi connectivity index (χ3n) is 3.31. The van der Waals surface area contributed by atoms with Crippen LogP contribution in [0.4, 0.5) is 0 Å². The molecule has 0 atom stereocenters. The number of hydrogen-bond acceptors (Lipinski definition) is 3. The highest BCUT2D eigenvalue weighted by atomic mass is 79.9. The average molecular weight is 328 g/mol. The Morgan fingerprint density at radius 1 is 1.16 bits per heavy atom. The molecule has 1 fully saturated rings. The van der Waals surface area contributed by atoms with Crippen molar-refractivity contribution in [3.8, 4) is 11.5 Å². The van der Waals surface area contributed by atoms with Crippen LogP contribution in [0.1, 0.15) is 23.2 Å². The second-order valence-corrected chi connectivity index (χ2v) is 5.86. The summed E-state index contributed by atoms with van der Waals surface area (Å²) in [7, 11) is 3.17. The van der Waals surface area contributed by atoms with Crippen LogP contribution in [0.3, 0.4) is 0 Å². The molecule has 0 N–H and O–H groups in total. The van der Waals surface area contributed by atoms with Crippen LogP contribution >= 0.6 is 15.9 Å². The lowest BCUT2D eigenvalue weighted by molar-refractivity contribution is 0.0727. The molecule has 0 bridgehead atoms. The lowest BCUT2D eigenvalue weighted by Gasteiger charge is -2.29. The van der Waals surface area contributed by atoms with E-state index >= 15 is 0 Å². The van der Waals surface area contributed by atoms with E-state index in [9.17, 15) is 4.79 Å². The summed E-state index contributed by atoms with van der Waals surface area (Å²) in [6.45, 7) is 1.57. The molecular weight excluding hydrogens is 310 g/mol. The zero-order chi connectivity index (χ0) is 13.8. The summed E-state index contributed by atoms with van der Waals surface area (Å²) >= 11 is 3.59. The SMILES string of the molecule is COc1cc(OC)cc(C(=O)N2CCC(Br)CC2)c1. The number of halogens is 1. The maximum Gasteiger partial charge on any atom is 0.254 e. The van der Waals surface area contributed by atoms with Gasteiger partial charge in [0.2, 0.25) is 0 Å². The van der Waals surface area contributed by atoms with Crippen LogP contribution < -0.4 is 9.47 Å². The Labute approximate surface area is 121 Å². The standard InChI is InChI=1S/C14H18BrNO3/c1-18-12-7-10(8-13(9-12)19-2)14(17)16-5-3-11(15)4-6-16/h7-9,11H,3-6H2,1-2H3. The number of likely N-dealkylation sites (tertiary alicyclic amines) is 1. The number of alkyl halides is 1. The van der Waals surface area contributed by atoms with Crippen LogP contribution in [0.5, 0.6) is 11.5 Å². The smallest absolute Gasteiger partial charge is 0.254 e. The van der Waals surface area contributed by atoms with E-state index in [0.717, 1.165) is 25.9 Å². The third-order valence-corrected chi connectivity index (χ3v) is 4.23. The minimum Gasteiger partial charge on any atom is -0.497 e. The molecule has 0 spiro atoms. The first-order valence-electron chi connectivity index (χ1n) is 6.30. The monoisotopic (exact) mass is 327 g/mol. The molecule has 1 aliphatic heterocycles. The maximum atomic E-state index is 12.4. The lowest BCUT2D eigenvalue weighted by atomic mass is 10.1. The molecule has 19 heavy (non-hydrogen) atoms. The molecule has 1 aromatic carbocycles. The molecule has 0 aromatic heterocycles. The van der Waals surface area contributed by atoms with Gasteiger partial charge < -0.3 is 14.4 Å². The van der Waals surface area contributed by atoms with Gasteiger partial charge in [-0.2, -0.15) is 0 Å². The number of carbonyl (C=O) groups is 1. The zero-order valence-electron chi connectivity index (χ0n) is 11.2. The largest absolute Gasteiger partial charge is 0.497 e. The Bertz CT molecular complexity index is 434. The Balaban J connectivity index is 2.18. The minimum atomic E-state index is 0.0385. The van der Waals surface area contributed by atoms with Gasteiger partial charge >= 0.3 is 0 Å². The van der Waals surface area contributed by atoms with Gasteiger partial charge in [0.25, 0.3) is 5.91 Å². The fourth-order valence-corrected chi connectivity index (χ4v) is 2.57. The molecular formula is C14H18BrNO3. The van der Waals surface area contributed by atoms with Crippen molar-refractivity contribution in [3.63, 3.8) is 0 Å². The molecule has 0 aliphatic carbocycles. The molecule has 1 saturated heterocycles. The summed E-state index contributed by atoms with van der Waals surface area (Å²) in [5, 5.41) is 0. The minimum absolute atomic E-state index is 0.0385. The molecule has 0 radical (unpaired) electrons. The van der Waals surface area contributed by atoms with Crippen molar-refractivity contribution >= 4 is 21.8 Å². The summed E-state index contributed by atoms with van der Waals surface area (Å²) in [6.07, 6.45) is 1.99. The Morgan fingerprint density at radius 2 is 1.68 bits per heavy atom. The molecule has 2 rings (SSSR count). The number of amides is 1. The van der Waals surface area contributed by atoms with E-state index in [2.05, 4.69) is 15.9 Å². The Morgan fingerprint density at radius 3 is 2.16 bits per heavy atom. The highest BCUT2D eigenvalue weighted by Crippen LogP contribution is 2.25. The number of rotatable bonds is 3. The number of piperidine rings is 1. The van der Waals surface area contributed by atoms with Crippen LogP contribution in [0.25, 0.3) is 0 Å². The third kappa shape index (κ3) is 3.41. The molecule has 1 aromatic rings. The molecule has 1 heterocycles. The van der Waals surface area contributed by atoms with E-state index in [4.69, 9.17) is 9.47 Å². The zero-order valence-corrected chi connectivity index (χ0v) is 12.8. The molecule has 104 valence electrons. The predicted octanol–water partition coefficient (Wildman–Crippen LogP) is 2.70. The predicted molar refractivity (Wildman–Crippen MR) is 77.4 cm³/mol. The lowest BCUT2D eigenvalue weighted by Crippen LogP contribution is -2.38. The van der Waals surface area contributed by atoms with Crippen molar-refractivity contribution < 1.29 is 14.3 Å². The van der Waals surface area contributed by atoms with Crippen LogP contribution in [0, 0.1) is 0 Å². The summed E-state index contributed by atoms with van der Waals surface area (Å²) in [4.78, 5) is 14.8. The number of hydrogen-bond donors (Lipinski definition) is 0. The van der Waals surface area contributed by atoms with Gasteiger partial charge in [0.15, 0.2) is 0 Å². The van der Waals surface area contributed by atoms with Crippen molar-refractivity contribution in [2.75, 3.05) is 27.3 Å². The van der Waals surface area contributed by atoms with Crippen molar-refractivity contribution in [1.82, 2.24) is 4.90 Å². The van der Waals surface area contributed by atoms with Crippen molar-refractivity contribution in [3.05, 3.63) is 23.8 Å². The Kier molecular flexibility index (Phi) is 4.69. The van der Waals surface area contributed by atoms with Crippen LogP contribution in [0.15, 0.2) is 18.2 Å². The maximum absolute atomic E-state index is 12.4. The van der Waals surface area contributed by atoms with Crippen LogP contribution in [-0.2, 0) is 0 Å². The second-order valence-electron chi connectivity index (χ2n) is 4.57. The van der Waals surface area contributed by atoms with Crippen LogP contribution in [-0.4, -0.2) is 42.9 Å². The quantitative estimate of drug-likeness (QED) is 0.801. The van der Waals surface area contributed by atoms with E-state index in [-0.39, 0.29) is 5.91 Å². The molecule has 1 aliphatic rings. The van der Waals surface area contributed by atoms with E-state index in [1.165, 1.54) is 0 Å². The van der Waals surface area contributed by atoms with Gasteiger partial charge in [0.1, 0.15) is 11.5 Å². The van der Waals surface area contributed by atoms with Gasteiger partial charge in [-0.05, 0) is 25.0 Å². The molecule has 0 unspecified atom stereocenters. The summed E-state index contributed by atoms with van der Waals surface area (Å²) in [5.74, 6) is 1.31. The van der Waals surface area contributed by atoms with Gasteiger partial charge in [0.05, 0.1) is 14.2 Å². The van der Waals surface area contributed by atoms with E-state index < -0.39 is 0 Å². The first kappa shape index (κ1) is 14.2. The second kappa shape index (κ2) is 6.28. The van der Waals surface area contributed by atoms with Gasteiger partial charge in [-0.3, -0.25) is 4.79 Å². The summed E-state index contributed by atoms with van der Waals surface area (Å²) < 4.78 is 10.4. The van der Waals surface area contributed by atoms with E-state index in [0.29, 0.717) is 21.9 Å². The van der Waals surface area contributed by atoms with Crippen molar-refractivity contribution in [2.45, 2.75) is 17.7 Å². The molecule has 5 heteroatoms. The van der Waals surface area contributed by atoms with Gasteiger partial charge in [-0.1, -0.05) is 15.9 Å². The molecule has 0 saturated carbocycles. The van der Waals surface area contributed by atoms with Gasteiger partial charge in [-0.25, -0.2) is 0 Å². The number of carbonyl (C=O) groups excluding carboxylic acids is 1. The first-order chi connectivity index (χ1) is 9.13. The van der Waals surface area contributed by atoms with E-state index in [1.807, 2.05) is 4.90 Å². The van der Waals surface area contributed by atoms with Gasteiger partial charge in [-0.15, -0.1) is 0 Å². The molecule has 4 nitrogen and oxygen atoms in total. The van der Waals surface area contributed by atoms with Crippen LogP contribution in [0.2, 0.25) is 0 Å². The fourth-order valence-electron chi connectivity index (χ4n) is 2.16. The fraction of sp³-hybridized carbons (Fsp3) is 0.500. The highest BCUT2D eigenvalue weighted by molar-refractivity contribution is 9.09. The summed E-state index contributed by atoms with van der Waals surface area (Å²) in [6, 6.07) is 5.28. The molecule has 1 amide bonds. The van der Waals surface area contributed by atoms with Crippen molar-refractivity contribution in [1.29, 1.82) is 0 Å². The topological polar surface area (TPSA) is 38.8 Å². The van der Waals surface area contributed by atoms with Gasteiger partial charge in [0, 0.05) is 29.5 Å². The normalized spacial score (nSPS) is 16.3. The number of ether oxygens (including phenoxy) is 2. The number of benzene rings is 1. The Hall–Kier alpha value is -1.23. The number of methoxy groups -OCH3 is 2. The first-order valence-corrected chi connectivity index (χ1v) is 7.22. The highest BCUT2D eigenvalue weighted by Gasteiger charge is 2.22. The number of nitrogens with zero attached hydrogens (tertiary/aromatic N) is 1.